The van der Waals surface area contributed by atoms with Crippen LogP contribution in [-0.2, 0) is 19.4 Å². The van der Waals surface area contributed by atoms with Crippen molar-refractivity contribution in [2.24, 2.45) is 11.7 Å². The minimum atomic E-state index is -3.29. The SMILES string of the molecule is CS(=O)(=O)c1ccc(C(CC2CCOCC2)C(=O)NC(=N)/C=C\N)cc1. The lowest BCUT2D eigenvalue weighted by molar-refractivity contribution is -0.121. The molecule has 1 aromatic carbocycles. The minimum absolute atomic E-state index is 0.0813. The summed E-state index contributed by atoms with van der Waals surface area (Å²) in [6.45, 7) is 1.36. The first-order valence-corrected chi connectivity index (χ1v) is 10.4. The topological polar surface area (TPSA) is 122 Å². The predicted molar refractivity (Wildman–Crippen MR) is 99.6 cm³/mol. The first-order valence-electron chi connectivity index (χ1n) is 8.46. The van der Waals surface area contributed by atoms with Crippen LogP contribution in [0, 0.1) is 11.3 Å². The summed E-state index contributed by atoms with van der Waals surface area (Å²) in [4.78, 5) is 12.9. The summed E-state index contributed by atoms with van der Waals surface area (Å²) in [5.74, 6) is -0.513. The van der Waals surface area contributed by atoms with E-state index in [-0.39, 0.29) is 16.6 Å². The smallest absolute Gasteiger partial charge is 0.233 e. The fraction of sp³-hybridized carbons (Fsp3) is 0.444. The highest BCUT2D eigenvalue weighted by molar-refractivity contribution is 7.90. The van der Waals surface area contributed by atoms with Gasteiger partial charge < -0.3 is 15.8 Å². The lowest BCUT2D eigenvalue weighted by atomic mass is 9.84. The summed E-state index contributed by atoms with van der Waals surface area (Å²) < 4.78 is 28.7. The Labute approximate surface area is 154 Å². The lowest BCUT2D eigenvalue weighted by Gasteiger charge is -2.26. The zero-order valence-electron chi connectivity index (χ0n) is 14.8. The van der Waals surface area contributed by atoms with Crippen molar-refractivity contribution in [3.8, 4) is 0 Å². The monoisotopic (exact) mass is 379 g/mol. The number of hydrogen-bond donors (Lipinski definition) is 3. The number of amides is 1. The van der Waals surface area contributed by atoms with E-state index in [9.17, 15) is 13.2 Å². The van der Waals surface area contributed by atoms with Crippen LogP contribution in [0.4, 0.5) is 0 Å². The van der Waals surface area contributed by atoms with Gasteiger partial charge in [0.2, 0.25) is 5.91 Å². The molecule has 142 valence electrons. The molecule has 1 fully saturated rings. The Morgan fingerprint density at radius 3 is 2.50 bits per heavy atom. The van der Waals surface area contributed by atoms with Gasteiger partial charge >= 0.3 is 0 Å². The van der Waals surface area contributed by atoms with Crippen molar-refractivity contribution in [3.63, 3.8) is 0 Å². The average molecular weight is 379 g/mol. The second-order valence-corrected chi connectivity index (χ2v) is 8.46. The summed E-state index contributed by atoms with van der Waals surface area (Å²) in [7, 11) is -3.29. The Morgan fingerprint density at radius 1 is 1.35 bits per heavy atom. The number of carbonyl (C=O) groups excluding carboxylic acids is 1. The molecular formula is C18H25N3O4S. The summed E-state index contributed by atoms with van der Waals surface area (Å²) in [6, 6.07) is 6.37. The molecule has 0 aliphatic carbocycles. The van der Waals surface area contributed by atoms with E-state index in [1.807, 2.05) is 0 Å². The van der Waals surface area contributed by atoms with Crippen LogP contribution in [0.15, 0.2) is 41.4 Å². The fourth-order valence-corrected chi connectivity index (χ4v) is 3.65. The number of nitrogens with one attached hydrogen (secondary N) is 2. The quantitative estimate of drug-likeness (QED) is 0.511. The fourth-order valence-electron chi connectivity index (χ4n) is 3.01. The van der Waals surface area contributed by atoms with E-state index in [4.69, 9.17) is 15.9 Å². The van der Waals surface area contributed by atoms with E-state index in [0.29, 0.717) is 25.6 Å². The largest absolute Gasteiger partial charge is 0.404 e. The first-order chi connectivity index (χ1) is 12.3. The van der Waals surface area contributed by atoms with Gasteiger partial charge in [0, 0.05) is 19.5 Å². The molecule has 0 aromatic heterocycles. The van der Waals surface area contributed by atoms with Gasteiger partial charge in [-0.15, -0.1) is 0 Å². The van der Waals surface area contributed by atoms with Crippen LogP contribution < -0.4 is 11.1 Å². The third-order valence-corrected chi connectivity index (χ3v) is 5.59. The molecule has 7 nitrogen and oxygen atoms in total. The van der Waals surface area contributed by atoms with Crippen molar-refractivity contribution >= 4 is 21.6 Å². The van der Waals surface area contributed by atoms with Crippen molar-refractivity contribution < 1.29 is 17.9 Å². The molecule has 1 unspecified atom stereocenters. The molecule has 1 atom stereocenters. The van der Waals surface area contributed by atoms with Crippen LogP contribution in [0.1, 0.15) is 30.7 Å². The Balaban J connectivity index is 2.23. The number of sulfone groups is 1. The number of nitrogens with two attached hydrogens (primary N) is 1. The molecule has 0 spiro atoms. The van der Waals surface area contributed by atoms with Crippen molar-refractivity contribution in [1.29, 1.82) is 5.41 Å². The van der Waals surface area contributed by atoms with E-state index >= 15 is 0 Å². The maximum absolute atomic E-state index is 12.7. The highest BCUT2D eigenvalue weighted by Crippen LogP contribution is 2.30. The zero-order valence-corrected chi connectivity index (χ0v) is 15.6. The summed E-state index contributed by atoms with van der Waals surface area (Å²) in [6.07, 6.45) is 6.02. The van der Waals surface area contributed by atoms with Crippen LogP contribution in [0.2, 0.25) is 0 Å². The van der Waals surface area contributed by atoms with Crippen molar-refractivity contribution in [2.45, 2.75) is 30.1 Å². The molecule has 1 aromatic rings. The van der Waals surface area contributed by atoms with E-state index in [0.717, 1.165) is 24.7 Å². The molecule has 1 aliphatic heterocycles. The van der Waals surface area contributed by atoms with E-state index in [2.05, 4.69) is 5.32 Å². The van der Waals surface area contributed by atoms with Gasteiger partial charge in [-0.25, -0.2) is 8.42 Å². The second kappa shape index (κ2) is 8.95. The number of benzene rings is 1. The number of rotatable bonds is 6. The van der Waals surface area contributed by atoms with Gasteiger partial charge in [0.1, 0.15) is 5.84 Å². The second-order valence-electron chi connectivity index (χ2n) is 6.45. The highest BCUT2D eigenvalue weighted by atomic mass is 32.2. The maximum Gasteiger partial charge on any atom is 0.233 e. The molecular weight excluding hydrogens is 354 g/mol. The molecule has 0 bridgehead atoms. The molecule has 8 heteroatoms. The van der Waals surface area contributed by atoms with Crippen molar-refractivity contribution in [2.75, 3.05) is 19.5 Å². The summed E-state index contributed by atoms with van der Waals surface area (Å²) in [5.41, 5.74) is 5.98. The Hall–Kier alpha value is -2.19. The molecule has 1 heterocycles. The van der Waals surface area contributed by atoms with Crippen molar-refractivity contribution in [3.05, 3.63) is 42.1 Å². The molecule has 4 N–H and O–H groups in total. The van der Waals surface area contributed by atoms with Gasteiger partial charge in [-0.3, -0.25) is 10.2 Å². The minimum Gasteiger partial charge on any atom is -0.404 e. The average Bonchev–Trinajstić information content (AvgIpc) is 2.60. The van der Waals surface area contributed by atoms with E-state index in [1.165, 1.54) is 24.4 Å². The van der Waals surface area contributed by atoms with Gasteiger partial charge in [0.25, 0.3) is 0 Å². The maximum atomic E-state index is 12.7. The van der Waals surface area contributed by atoms with Gasteiger partial charge in [-0.2, -0.15) is 0 Å². The van der Waals surface area contributed by atoms with Crippen molar-refractivity contribution in [1.82, 2.24) is 5.32 Å². The molecule has 1 saturated heterocycles. The highest BCUT2D eigenvalue weighted by Gasteiger charge is 2.26. The predicted octanol–water partition coefficient (Wildman–Crippen LogP) is 1.56. The van der Waals surface area contributed by atoms with Crippen LogP contribution in [0.3, 0.4) is 0 Å². The number of amidine groups is 1. The third-order valence-electron chi connectivity index (χ3n) is 4.46. The van der Waals surface area contributed by atoms with Crippen LogP contribution in [0.5, 0.6) is 0 Å². The van der Waals surface area contributed by atoms with Crippen LogP contribution in [0.25, 0.3) is 0 Å². The lowest BCUT2D eigenvalue weighted by Crippen LogP contribution is -2.34. The Morgan fingerprint density at radius 2 is 1.96 bits per heavy atom. The van der Waals surface area contributed by atoms with Crippen LogP contribution >= 0.6 is 0 Å². The number of carbonyl (C=O) groups is 1. The molecule has 26 heavy (non-hydrogen) atoms. The Kier molecular flexibility index (Phi) is 6.93. The third kappa shape index (κ3) is 5.67. The normalized spacial score (nSPS) is 17.1. The Bertz CT molecular complexity index is 766. The van der Waals surface area contributed by atoms with E-state index < -0.39 is 15.8 Å². The standard InChI is InChI=1S/C18H25N3O4S/c1-26(23,24)15-4-2-14(3-5-15)16(12-13-7-10-25-11-8-13)18(22)21-17(20)6-9-19/h2-6,9,13,16H,7-8,10-12,19H2,1H3,(H2,20,21,22)/b9-6-. The molecule has 0 saturated carbocycles. The summed E-state index contributed by atoms with van der Waals surface area (Å²) >= 11 is 0. The van der Waals surface area contributed by atoms with Gasteiger partial charge in [-0.05, 0) is 55.2 Å². The zero-order chi connectivity index (χ0) is 19.2. The molecule has 1 aliphatic rings. The molecule has 1 amide bonds. The number of hydrogen-bond acceptors (Lipinski definition) is 6. The van der Waals surface area contributed by atoms with Crippen LogP contribution in [-0.4, -0.2) is 39.6 Å². The molecule has 0 radical (unpaired) electrons. The number of ether oxygens (including phenoxy) is 1. The summed E-state index contributed by atoms with van der Waals surface area (Å²) in [5, 5.41) is 10.3. The van der Waals surface area contributed by atoms with Gasteiger partial charge in [0.05, 0.1) is 10.8 Å². The van der Waals surface area contributed by atoms with Gasteiger partial charge in [-0.1, -0.05) is 12.1 Å². The van der Waals surface area contributed by atoms with E-state index in [1.54, 1.807) is 12.1 Å². The first kappa shape index (κ1) is 20.1. The molecule has 2 rings (SSSR count). The van der Waals surface area contributed by atoms with Gasteiger partial charge in [0.15, 0.2) is 9.84 Å².